The van der Waals surface area contributed by atoms with Crippen LogP contribution in [0.5, 0.6) is 0 Å². The van der Waals surface area contributed by atoms with Gasteiger partial charge >= 0.3 is 0 Å². The number of rotatable bonds is 8. The van der Waals surface area contributed by atoms with Gasteiger partial charge in [-0.2, -0.15) is 13.1 Å². The Labute approximate surface area is 185 Å². The Balaban J connectivity index is 1.99. The van der Waals surface area contributed by atoms with Crippen LogP contribution in [0.4, 0.5) is 0 Å². The smallest absolute Gasteiger partial charge is 0.281 e. The van der Waals surface area contributed by atoms with Crippen LogP contribution in [-0.2, 0) is 14.8 Å². The minimum atomic E-state index is -4.05. The maximum absolute atomic E-state index is 13.1. The van der Waals surface area contributed by atoms with E-state index in [9.17, 15) is 18.0 Å². The number of aromatic nitrogens is 2. The highest BCUT2D eigenvalue weighted by Gasteiger charge is 2.20. The van der Waals surface area contributed by atoms with Crippen molar-refractivity contribution in [3.63, 3.8) is 0 Å². The van der Waals surface area contributed by atoms with Gasteiger partial charge in [0.05, 0.1) is 21.6 Å². The SMILES string of the molecule is CCC(C)NC(=O)CSc1nc2ccccc2c(=O)n1NS(=O)(=O)c1ccc(C)cc1. The molecule has 3 rings (SSSR count). The summed E-state index contributed by atoms with van der Waals surface area (Å²) < 4.78 is 26.7. The average Bonchev–Trinajstić information content (AvgIpc) is 2.74. The van der Waals surface area contributed by atoms with E-state index < -0.39 is 15.6 Å². The summed E-state index contributed by atoms with van der Waals surface area (Å²) in [6.45, 7) is 5.70. The summed E-state index contributed by atoms with van der Waals surface area (Å²) in [7, 11) is -4.05. The molecule has 1 heterocycles. The second kappa shape index (κ2) is 9.52. The number of sulfonamides is 1. The van der Waals surface area contributed by atoms with Crippen molar-refractivity contribution in [3.05, 3.63) is 64.4 Å². The molecule has 8 nitrogen and oxygen atoms in total. The molecule has 0 saturated carbocycles. The van der Waals surface area contributed by atoms with E-state index >= 15 is 0 Å². The number of para-hydroxylation sites is 1. The van der Waals surface area contributed by atoms with E-state index in [4.69, 9.17) is 0 Å². The Hall–Kier alpha value is -2.85. The van der Waals surface area contributed by atoms with Gasteiger partial charge in [0.2, 0.25) is 5.91 Å². The number of carbonyl (C=O) groups excluding carboxylic acids is 1. The van der Waals surface area contributed by atoms with Crippen LogP contribution in [-0.4, -0.2) is 35.8 Å². The molecule has 1 aromatic heterocycles. The Morgan fingerprint density at radius 1 is 1.16 bits per heavy atom. The van der Waals surface area contributed by atoms with Gasteiger partial charge in [-0.05, 0) is 44.5 Å². The summed E-state index contributed by atoms with van der Waals surface area (Å²) in [5.74, 6) is -0.240. The van der Waals surface area contributed by atoms with Crippen molar-refractivity contribution in [1.29, 1.82) is 0 Å². The predicted molar refractivity (Wildman–Crippen MR) is 122 cm³/mol. The molecule has 1 amide bonds. The van der Waals surface area contributed by atoms with Crippen LogP contribution in [0.15, 0.2) is 63.4 Å². The number of thioether (sulfide) groups is 1. The molecule has 0 bridgehead atoms. The molecule has 0 aliphatic rings. The highest BCUT2D eigenvalue weighted by molar-refractivity contribution is 7.99. The largest absolute Gasteiger partial charge is 0.353 e. The lowest BCUT2D eigenvalue weighted by atomic mass is 10.2. The van der Waals surface area contributed by atoms with E-state index in [0.717, 1.165) is 28.4 Å². The Morgan fingerprint density at radius 2 is 1.84 bits per heavy atom. The minimum Gasteiger partial charge on any atom is -0.353 e. The molecule has 164 valence electrons. The molecule has 0 spiro atoms. The van der Waals surface area contributed by atoms with Crippen molar-refractivity contribution in [1.82, 2.24) is 15.0 Å². The second-order valence-electron chi connectivity index (χ2n) is 7.13. The summed E-state index contributed by atoms with van der Waals surface area (Å²) in [6.07, 6.45) is 0.783. The average molecular weight is 461 g/mol. The first kappa shape index (κ1) is 22.8. The second-order valence-corrected chi connectivity index (χ2v) is 9.73. The zero-order valence-electron chi connectivity index (χ0n) is 17.5. The van der Waals surface area contributed by atoms with E-state index in [1.54, 1.807) is 36.4 Å². The third kappa shape index (κ3) is 5.45. The Kier molecular flexibility index (Phi) is 7.01. The first-order valence-electron chi connectivity index (χ1n) is 9.74. The summed E-state index contributed by atoms with van der Waals surface area (Å²) >= 11 is 0.988. The summed E-state index contributed by atoms with van der Waals surface area (Å²) in [5.41, 5.74) is 0.765. The highest BCUT2D eigenvalue weighted by Crippen LogP contribution is 2.19. The molecule has 10 heteroatoms. The molecule has 2 aromatic carbocycles. The summed E-state index contributed by atoms with van der Waals surface area (Å²) in [6, 6.07) is 12.9. The summed E-state index contributed by atoms with van der Waals surface area (Å²) in [5, 5.41) is 3.19. The third-order valence-electron chi connectivity index (χ3n) is 4.64. The molecule has 0 saturated heterocycles. The molecule has 3 aromatic rings. The molecule has 31 heavy (non-hydrogen) atoms. The van der Waals surface area contributed by atoms with Crippen molar-refractivity contribution in [3.8, 4) is 0 Å². The molecule has 1 atom stereocenters. The molecule has 0 aliphatic carbocycles. The van der Waals surface area contributed by atoms with Crippen molar-refractivity contribution in [2.45, 2.75) is 43.3 Å². The maximum Gasteiger partial charge on any atom is 0.281 e. The lowest BCUT2D eigenvalue weighted by Gasteiger charge is -2.16. The number of hydrogen-bond acceptors (Lipinski definition) is 6. The third-order valence-corrected chi connectivity index (χ3v) is 6.89. The minimum absolute atomic E-state index is 0.0125. The van der Waals surface area contributed by atoms with E-state index in [1.807, 2.05) is 20.8 Å². The number of nitrogens with one attached hydrogen (secondary N) is 2. The molecule has 0 radical (unpaired) electrons. The lowest BCUT2D eigenvalue weighted by molar-refractivity contribution is -0.119. The fourth-order valence-corrected chi connectivity index (χ4v) is 4.56. The van der Waals surface area contributed by atoms with Gasteiger partial charge in [0.25, 0.3) is 15.6 Å². The van der Waals surface area contributed by atoms with Gasteiger partial charge in [0, 0.05) is 6.04 Å². The Morgan fingerprint density at radius 3 is 2.52 bits per heavy atom. The van der Waals surface area contributed by atoms with Gasteiger partial charge in [-0.3, -0.25) is 9.59 Å². The quantitative estimate of drug-likeness (QED) is 0.395. The topological polar surface area (TPSA) is 110 Å². The van der Waals surface area contributed by atoms with Crippen molar-refractivity contribution in [2.24, 2.45) is 0 Å². The molecule has 2 N–H and O–H groups in total. The van der Waals surface area contributed by atoms with E-state index in [-0.39, 0.29) is 33.1 Å². The van der Waals surface area contributed by atoms with Gasteiger partial charge in [0.1, 0.15) is 0 Å². The molecule has 1 unspecified atom stereocenters. The van der Waals surface area contributed by atoms with Gasteiger partial charge in [-0.1, -0.05) is 48.5 Å². The molecule has 0 aliphatic heterocycles. The van der Waals surface area contributed by atoms with Gasteiger partial charge in [0.15, 0.2) is 5.16 Å². The standard InChI is InChI=1S/C21H24N4O4S2/c1-4-15(3)22-19(26)13-30-21-23-18-8-6-5-7-17(18)20(27)25(21)24-31(28,29)16-11-9-14(2)10-12-16/h5-12,15,24H,4,13H2,1-3H3,(H,22,26). The van der Waals surface area contributed by atoms with Crippen LogP contribution in [0.25, 0.3) is 10.9 Å². The first-order valence-corrected chi connectivity index (χ1v) is 12.2. The zero-order valence-corrected chi connectivity index (χ0v) is 19.1. The fourth-order valence-electron chi connectivity index (χ4n) is 2.73. The van der Waals surface area contributed by atoms with Crippen LogP contribution >= 0.6 is 11.8 Å². The summed E-state index contributed by atoms with van der Waals surface area (Å²) in [4.78, 5) is 32.0. The molecular formula is C21H24N4O4S2. The number of aryl methyl sites for hydroxylation is 1. The van der Waals surface area contributed by atoms with Crippen molar-refractivity contribution >= 4 is 38.6 Å². The predicted octanol–water partition coefficient (Wildman–Crippen LogP) is 2.64. The monoisotopic (exact) mass is 460 g/mol. The Bertz CT molecular complexity index is 1250. The normalized spacial score (nSPS) is 12.5. The van der Waals surface area contributed by atoms with E-state index in [2.05, 4.69) is 15.1 Å². The number of amides is 1. The van der Waals surface area contributed by atoms with Crippen LogP contribution < -0.4 is 15.7 Å². The number of carbonyl (C=O) groups is 1. The van der Waals surface area contributed by atoms with Crippen molar-refractivity contribution < 1.29 is 13.2 Å². The van der Waals surface area contributed by atoms with Crippen LogP contribution in [0.1, 0.15) is 25.8 Å². The van der Waals surface area contributed by atoms with E-state index in [1.165, 1.54) is 12.1 Å². The number of hydrogen-bond donors (Lipinski definition) is 2. The van der Waals surface area contributed by atoms with E-state index in [0.29, 0.717) is 5.52 Å². The van der Waals surface area contributed by atoms with Crippen LogP contribution in [0.3, 0.4) is 0 Å². The maximum atomic E-state index is 13.1. The van der Waals surface area contributed by atoms with Crippen LogP contribution in [0, 0.1) is 6.92 Å². The number of benzene rings is 2. The highest BCUT2D eigenvalue weighted by atomic mass is 32.2. The van der Waals surface area contributed by atoms with Gasteiger partial charge in [-0.15, -0.1) is 0 Å². The molecular weight excluding hydrogens is 436 g/mol. The van der Waals surface area contributed by atoms with Gasteiger partial charge in [-0.25, -0.2) is 9.82 Å². The lowest BCUT2D eigenvalue weighted by Crippen LogP contribution is -2.36. The van der Waals surface area contributed by atoms with Gasteiger partial charge < -0.3 is 5.32 Å². The van der Waals surface area contributed by atoms with Crippen molar-refractivity contribution in [2.75, 3.05) is 10.6 Å². The number of fused-ring (bicyclic) bond motifs is 1. The number of nitrogens with zero attached hydrogens (tertiary/aromatic N) is 2. The molecule has 0 fully saturated rings. The zero-order chi connectivity index (χ0) is 22.6. The fraction of sp³-hybridized carbons (Fsp3) is 0.286. The van der Waals surface area contributed by atoms with Crippen LogP contribution in [0.2, 0.25) is 0 Å². The first-order chi connectivity index (χ1) is 14.7.